The first-order chi connectivity index (χ1) is 14.2. The van der Waals surface area contributed by atoms with E-state index in [2.05, 4.69) is 23.7 Å². The molecule has 148 valence electrons. The lowest BCUT2D eigenvalue weighted by molar-refractivity contribution is 0.0993. The molecule has 0 aliphatic carbocycles. The van der Waals surface area contributed by atoms with Gasteiger partial charge < -0.3 is 9.64 Å². The standard InChI is InChI=1S/C25H26N2O2/c1-3-4-5-6-7-8-17-29-23-13-9-12-22(19-23)27(2)25(28)21-14-15-24-20(18-21)11-10-16-26-24/h9-16,18-19H,3-4,7-8,17H2,1-2H3. The minimum Gasteiger partial charge on any atom is -0.493 e. The van der Waals surface area contributed by atoms with E-state index in [1.54, 1.807) is 18.1 Å². The van der Waals surface area contributed by atoms with E-state index in [4.69, 9.17) is 4.74 Å². The number of carbonyl (C=O) groups excluding carboxylic acids is 1. The van der Waals surface area contributed by atoms with E-state index in [1.807, 2.05) is 54.6 Å². The van der Waals surface area contributed by atoms with Crippen LogP contribution in [0.1, 0.15) is 43.0 Å². The van der Waals surface area contributed by atoms with Gasteiger partial charge in [-0.1, -0.05) is 19.1 Å². The van der Waals surface area contributed by atoms with Crippen LogP contribution in [0.5, 0.6) is 5.75 Å². The van der Waals surface area contributed by atoms with Gasteiger partial charge in [0.25, 0.3) is 5.91 Å². The minimum atomic E-state index is -0.0703. The zero-order valence-corrected chi connectivity index (χ0v) is 17.0. The van der Waals surface area contributed by atoms with Gasteiger partial charge >= 0.3 is 0 Å². The summed E-state index contributed by atoms with van der Waals surface area (Å²) in [6, 6.07) is 17.0. The molecule has 0 bridgehead atoms. The molecule has 3 aromatic rings. The van der Waals surface area contributed by atoms with Gasteiger partial charge in [-0.15, -0.1) is 11.8 Å². The maximum Gasteiger partial charge on any atom is 0.258 e. The molecule has 0 atom stereocenters. The molecule has 1 amide bonds. The Balaban J connectivity index is 1.62. The van der Waals surface area contributed by atoms with E-state index in [0.717, 1.165) is 48.0 Å². The predicted molar refractivity (Wildman–Crippen MR) is 118 cm³/mol. The molecular formula is C25H26N2O2. The Morgan fingerprint density at radius 2 is 1.93 bits per heavy atom. The highest BCUT2D eigenvalue weighted by atomic mass is 16.5. The minimum absolute atomic E-state index is 0.0703. The molecule has 0 fully saturated rings. The van der Waals surface area contributed by atoms with Crippen LogP contribution in [0.2, 0.25) is 0 Å². The van der Waals surface area contributed by atoms with Gasteiger partial charge in [0.2, 0.25) is 0 Å². The summed E-state index contributed by atoms with van der Waals surface area (Å²) in [6.07, 6.45) is 5.53. The molecule has 0 aliphatic rings. The number of aromatic nitrogens is 1. The van der Waals surface area contributed by atoms with E-state index < -0.39 is 0 Å². The third-order valence-electron chi connectivity index (χ3n) is 4.57. The van der Waals surface area contributed by atoms with Crippen LogP contribution in [-0.4, -0.2) is 24.5 Å². The SMILES string of the molecule is CCCC#CCCCOc1cccc(N(C)C(=O)c2ccc3ncccc3c2)c1. The van der Waals surface area contributed by atoms with E-state index in [0.29, 0.717) is 12.2 Å². The van der Waals surface area contributed by atoms with Crippen molar-refractivity contribution < 1.29 is 9.53 Å². The summed E-state index contributed by atoms with van der Waals surface area (Å²) in [5.74, 6) is 6.99. The Kier molecular flexibility index (Phi) is 7.24. The monoisotopic (exact) mass is 386 g/mol. The van der Waals surface area contributed by atoms with Crippen LogP contribution in [0.4, 0.5) is 5.69 Å². The number of amides is 1. The van der Waals surface area contributed by atoms with Crippen LogP contribution < -0.4 is 9.64 Å². The quantitative estimate of drug-likeness (QED) is 0.399. The number of pyridine rings is 1. The summed E-state index contributed by atoms with van der Waals surface area (Å²) >= 11 is 0. The highest BCUT2D eigenvalue weighted by Gasteiger charge is 2.14. The second-order valence-electron chi connectivity index (χ2n) is 6.83. The fourth-order valence-corrected chi connectivity index (χ4v) is 2.95. The van der Waals surface area contributed by atoms with Crippen molar-refractivity contribution in [1.82, 2.24) is 4.98 Å². The smallest absolute Gasteiger partial charge is 0.258 e. The Labute approximate surface area is 172 Å². The van der Waals surface area contributed by atoms with Gasteiger partial charge in [-0.05, 0) is 49.2 Å². The van der Waals surface area contributed by atoms with Crippen molar-refractivity contribution in [2.75, 3.05) is 18.6 Å². The summed E-state index contributed by atoms with van der Waals surface area (Å²) in [7, 11) is 1.78. The lowest BCUT2D eigenvalue weighted by atomic mass is 10.1. The Hall–Kier alpha value is -3.32. The molecule has 1 aromatic heterocycles. The van der Waals surface area contributed by atoms with Gasteiger partial charge in [0, 0.05) is 48.8 Å². The lowest BCUT2D eigenvalue weighted by Crippen LogP contribution is -2.26. The van der Waals surface area contributed by atoms with Crippen LogP contribution in [-0.2, 0) is 0 Å². The number of benzene rings is 2. The molecule has 0 aliphatic heterocycles. The average Bonchev–Trinajstić information content (AvgIpc) is 2.77. The first-order valence-electron chi connectivity index (χ1n) is 10.0. The number of nitrogens with zero attached hydrogens (tertiary/aromatic N) is 2. The lowest BCUT2D eigenvalue weighted by Gasteiger charge is -2.18. The largest absolute Gasteiger partial charge is 0.493 e. The number of fused-ring (bicyclic) bond motifs is 1. The zero-order valence-electron chi connectivity index (χ0n) is 17.0. The highest BCUT2D eigenvalue weighted by Crippen LogP contribution is 2.23. The summed E-state index contributed by atoms with van der Waals surface area (Å²) in [6.45, 7) is 2.74. The van der Waals surface area contributed by atoms with Crippen LogP contribution >= 0.6 is 0 Å². The number of rotatable bonds is 7. The van der Waals surface area contributed by atoms with E-state index in [1.165, 1.54) is 0 Å². The topological polar surface area (TPSA) is 42.4 Å². The van der Waals surface area contributed by atoms with Gasteiger partial charge in [0.1, 0.15) is 5.75 Å². The van der Waals surface area contributed by atoms with Gasteiger partial charge in [-0.3, -0.25) is 9.78 Å². The molecule has 0 unspecified atom stereocenters. The van der Waals surface area contributed by atoms with Crippen molar-refractivity contribution in [1.29, 1.82) is 0 Å². The molecule has 4 heteroatoms. The maximum atomic E-state index is 12.9. The molecule has 0 radical (unpaired) electrons. The van der Waals surface area contributed by atoms with E-state index in [-0.39, 0.29) is 5.91 Å². The second-order valence-corrected chi connectivity index (χ2v) is 6.83. The number of hydrogen-bond acceptors (Lipinski definition) is 3. The zero-order chi connectivity index (χ0) is 20.5. The van der Waals surface area contributed by atoms with Crippen molar-refractivity contribution in [2.24, 2.45) is 0 Å². The summed E-state index contributed by atoms with van der Waals surface area (Å²) < 4.78 is 5.83. The van der Waals surface area contributed by atoms with Crippen molar-refractivity contribution in [3.05, 3.63) is 66.4 Å². The normalized spacial score (nSPS) is 10.3. The Morgan fingerprint density at radius 1 is 1.07 bits per heavy atom. The number of anilines is 1. The number of carbonyl (C=O) groups is 1. The van der Waals surface area contributed by atoms with Crippen LogP contribution in [0.15, 0.2) is 60.8 Å². The van der Waals surface area contributed by atoms with Crippen LogP contribution in [0.25, 0.3) is 10.9 Å². The fraction of sp³-hybridized carbons (Fsp3) is 0.280. The second kappa shape index (κ2) is 10.3. The molecule has 0 N–H and O–H groups in total. The number of hydrogen-bond donors (Lipinski definition) is 0. The van der Waals surface area contributed by atoms with Crippen LogP contribution in [0, 0.1) is 11.8 Å². The van der Waals surface area contributed by atoms with Gasteiger partial charge in [0.05, 0.1) is 12.1 Å². The Morgan fingerprint density at radius 3 is 2.79 bits per heavy atom. The third-order valence-corrected chi connectivity index (χ3v) is 4.57. The van der Waals surface area contributed by atoms with Crippen molar-refractivity contribution in [2.45, 2.75) is 32.6 Å². The van der Waals surface area contributed by atoms with Crippen molar-refractivity contribution in [3.63, 3.8) is 0 Å². The summed E-state index contributed by atoms with van der Waals surface area (Å²) in [4.78, 5) is 18.9. The molecule has 0 spiro atoms. The van der Waals surface area contributed by atoms with Crippen molar-refractivity contribution >= 4 is 22.5 Å². The number of unbranched alkanes of at least 4 members (excludes halogenated alkanes) is 2. The molecule has 3 rings (SSSR count). The molecule has 1 heterocycles. The molecule has 0 saturated carbocycles. The van der Waals surface area contributed by atoms with Crippen molar-refractivity contribution in [3.8, 4) is 17.6 Å². The van der Waals surface area contributed by atoms with Gasteiger partial charge in [0.15, 0.2) is 0 Å². The fourth-order valence-electron chi connectivity index (χ4n) is 2.95. The predicted octanol–water partition coefficient (Wildman–Crippen LogP) is 5.47. The first kappa shape index (κ1) is 20.4. The summed E-state index contributed by atoms with van der Waals surface area (Å²) in [5.41, 5.74) is 2.30. The first-order valence-corrected chi connectivity index (χ1v) is 10.0. The molecule has 29 heavy (non-hydrogen) atoms. The molecule has 2 aromatic carbocycles. The number of ether oxygens (including phenoxy) is 1. The maximum absolute atomic E-state index is 12.9. The molecule has 4 nitrogen and oxygen atoms in total. The third kappa shape index (κ3) is 5.58. The van der Waals surface area contributed by atoms with Gasteiger partial charge in [-0.2, -0.15) is 0 Å². The Bertz CT molecular complexity index is 1030. The summed E-state index contributed by atoms with van der Waals surface area (Å²) in [5, 5.41) is 0.950. The van der Waals surface area contributed by atoms with Gasteiger partial charge in [-0.25, -0.2) is 0 Å². The van der Waals surface area contributed by atoms with Crippen LogP contribution in [0.3, 0.4) is 0 Å². The molecular weight excluding hydrogens is 360 g/mol. The molecule has 0 saturated heterocycles. The average molecular weight is 386 g/mol. The van der Waals surface area contributed by atoms with E-state index in [9.17, 15) is 4.79 Å². The van der Waals surface area contributed by atoms with E-state index >= 15 is 0 Å². The highest BCUT2D eigenvalue weighted by molar-refractivity contribution is 6.07.